The Labute approximate surface area is 198 Å². The molecule has 1 saturated carbocycles. The van der Waals surface area contributed by atoms with Gasteiger partial charge in [0.2, 0.25) is 23.6 Å². The number of rotatable bonds is 2. The van der Waals surface area contributed by atoms with Gasteiger partial charge in [-0.1, -0.05) is 17.7 Å². The third-order valence-corrected chi connectivity index (χ3v) is 7.66. The summed E-state index contributed by atoms with van der Waals surface area (Å²) in [5.41, 5.74) is 11.4. The number of phenols is 1. The van der Waals surface area contributed by atoms with Crippen molar-refractivity contribution < 1.29 is 38.6 Å². The second-order valence-corrected chi connectivity index (χ2v) is 9.12. The van der Waals surface area contributed by atoms with Crippen LogP contribution in [0, 0.1) is 29.6 Å². The molecule has 8 amide bonds. The number of hydrogen-bond acceptors (Lipinski definition) is 8. The number of carbonyl (C=O) groups excluding carboxylic acids is 6. The normalized spacial score (nSPS) is 31.6. The molecule has 3 fully saturated rings. The summed E-state index contributed by atoms with van der Waals surface area (Å²) in [4.78, 5) is 77.0. The highest BCUT2D eigenvalue weighted by Gasteiger charge is 2.63. The van der Waals surface area contributed by atoms with Crippen molar-refractivity contribution in [3.8, 4) is 11.5 Å². The molecule has 0 radical (unpaired) electrons. The molecular weight excluding hydrogens is 460 g/mol. The number of imide groups is 6. The zero-order chi connectivity index (χ0) is 25.3. The fraction of sp³-hybridized carbons (Fsp3) is 0.391. The maximum atomic E-state index is 13.3. The van der Waals surface area contributed by atoms with Gasteiger partial charge in [-0.2, -0.15) is 9.80 Å². The smallest absolute Gasteiger partial charge is 0.328 e. The average Bonchev–Trinajstić information content (AvgIpc) is 3.21. The van der Waals surface area contributed by atoms with Crippen LogP contribution in [0.25, 0.3) is 0 Å². The zero-order valence-electron chi connectivity index (χ0n) is 18.5. The molecule has 2 heterocycles. The van der Waals surface area contributed by atoms with E-state index in [1.165, 1.54) is 13.2 Å². The van der Waals surface area contributed by atoms with Crippen LogP contribution in [0.15, 0.2) is 29.8 Å². The number of fused-ring (bicyclic) bond motifs is 4. The number of likely N-dealkylation sites (tertiary alicyclic amines) is 2. The Bertz CT molecular complexity index is 1260. The van der Waals surface area contributed by atoms with Gasteiger partial charge in [0.25, 0.3) is 0 Å². The van der Waals surface area contributed by atoms with E-state index in [9.17, 15) is 33.9 Å². The van der Waals surface area contributed by atoms with Crippen molar-refractivity contribution in [1.82, 2.24) is 9.80 Å². The lowest BCUT2D eigenvalue weighted by Crippen LogP contribution is -2.44. The summed E-state index contributed by atoms with van der Waals surface area (Å²) in [5.74, 6) is -8.71. The number of benzene rings is 1. The summed E-state index contributed by atoms with van der Waals surface area (Å²) < 4.78 is 5.44. The number of hydrogen-bond donors (Lipinski definition) is 3. The summed E-state index contributed by atoms with van der Waals surface area (Å²) in [6.07, 6.45) is 1.78. The van der Waals surface area contributed by atoms with E-state index >= 15 is 0 Å². The van der Waals surface area contributed by atoms with E-state index in [0.717, 1.165) is 0 Å². The van der Waals surface area contributed by atoms with E-state index in [1.807, 2.05) is 0 Å². The molecule has 0 spiro atoms. The lowest BCUT2D eigenvalue weighted by Gasteiger charge is -2.44. The lowest BCUT2D eigenvalue weighted by molar-refractivity contribution is -0.138. The average molecular weight is 482 g/mol. The number of phenolic OH excluding ortho intramolecular Hbond substituents is 1. The van der Waals surface area contributed by atoms with Gasteiger partial charge in [0.1, 0.15) is 11.5 Å². The number of aromatic hydroxyl groups is 1. The summed E-state index contributed by atoms with van der Waals surface area (Å²) in [6, 6.07) is 2.11. The molecule has 12 heteroatoms. The van der Waals surface area contributed by atoms with Crippen LogP contribution in [0.2, 0.25) is 0 Å². The molecule has 0 bridgehead atoms. The van der Waals surface area contributed by atoms with Crippen molar-refractivity contribution in [1.29, 1.82) is 0 Å². The molecule has 0 aromatic heterocycles. The highest BCUT2D eigenvalue weighted by molar-refractivity contribution is 6.18. The van der Waals surface area contributed by atoms with E-state index in [2.05, 4.69) is 0 Å². The molecule has 182 valence electrons. The van der Waals surface area contributed by atoms with Crippen molar-refractivity contribution in [3.63, 3.8) is 0 Å². The van der Waals surface area contributed by atoms with Crippen LogP contribution in [0.1, 0.15) is 24.3 Å². The Morgan fingerprint density at radius 1 is 0.914 bits per heavy atom. The van der Waals surface area contributed by atoms with Crippen LogP contribution in [0.3, 0.4) is 0 Å². The van der Waals surface area contributed by atoms with Gasteiger partial charge in [-0.25, -0.2) is 9.59 Å². The number of primary amides is 2. The van der Waals surface area contributed by atoms with Crippen LogP contribution in [0.4, 0.5) is 9.59 Å². The first-order chi connectivity index (χ1) is 16.6. The highest BCUT2D eigenvalue weighted by atomic mass is 16.5. The largest absolute Gasteiger partial charge is 0.508 e. The molecule has 0 unspecified atom stereocenters. The Morgan fingerprint density at radius 3 is 2.11 bits per heavy atom. The molecule has 2 aliphatic carbocycles. The number of carbonyl (C=O) groups is 6. The maximum Gasteiger partial charge on any atom is 0.328 e. The molecule has 4 aliphatic rings. The summed E-state index contributed by atoms with van der Waals surface area (Å²) in [5, 5.41) is 10.8. The summed E-state index contributed by atoms with van der Waals surface area (Å²) in [6.45, 7) is 0. The Balaban J connectivity index is 1.71. The van der Waals surface area contributed by atoms with Crippen LogP contribution >= 0.6 is 0 Å². The number of ether oxygens (including phenoxy) is 1. The van der Waals surface area contributed by atoms with E-state index in [-0.39, 0.29) is 29.9 Å². The number of amides is 8. The standard InChI is InChI=1S/C23H22N4O8/c1-35-13-4-2-3-12(28)17(13)15-8-5-6-9-14(20(31)26(18(9)29)22(24)33)10(8)7-11-16(15)21(32)27(19(11)30)23(25)34/h2-5,9-11,14-16,28H,6-7H2,1H3,(H2,24,33)(H2,25,34)/t9-,10+,11+,14-,15-,16+/m0/s1. The minimum absolute atomic E-state index is 0.0238. The van der Waals surface area contributed by atoms with Gasteiger partial charge < -0.3 is 21.3 Å². The molecule has 2 saturated heterocycles. The molecule has 2 aliphatic heterocycles. The Morgan fingerprint density at radius 2 is 1.51 bits per heavy atom. The number of allylic oxidation sites excluding steroid dienone is 2. The molecular formula is C23H22N4O8. The van der Waals surface area contributed by atoms with Crippen LogP contribution in [0.5, 0.6) is 11.5 Å². The highest BCUT2D eigenvalue weighted by Crippen LogP contribution is 2.59. The number of nitrogens with two attached hydrogens (primary N) is 2. The van der Waals surface area contributed by atoms with Gasteiger partial charge in [-0.05, 0) is 30.9 Å². The van der Waals surface area contributed by atoms with E-state index in [1.54, 1.807) is 18.2 Å². The zero-order valence-corrected chi connectivity index (χ0v) is 18.5. The predicted octanol–water partition coefficient (Wildman–Crippen LogP) is 0.194. The number of urea groups is 2. The third kappa shape index (κ3) is 2.92. The van der Waals surface area contributed by atoms with E-state index < -0.39 is 71.2 Å². The van der Waals surface area contributed by atoms with Crippen LogP contribution in [-0.2, 0) is 19.2 Å². The van der Waals surface area contributed by atoms with E-state index in [4.69, 9.17) is 16.2 Å². The SMILES string of the molecule is COc1cccc(O)c1[C@H]1C2=CC[C@@H]3C(=O)N(C(N)=O)C(=O)[C@@H]3[C@@H]2C[C@H]2C(=O)N(C(N)=O)C(=O)[C@@H]12. The van der Waals surface area contributed by atoms with Crippen LogP contribution in [-0.4, -0.2) is 57.7 Å². The van der Waals surface area contributed by atoms with Gasteiger partial charge in [0.05, 0.1) is 30.8 Å². The Hall–Kier alpha value is -4.22. The quantitative estimate of drug-likeness (QED) is 0.393. The summed E-state index contributed by atoms with van der Waals surface area (Å²) in [7, 11) is 1.38. The van der Waals surface area contributed by atoms with Gasteiger partial charge >= 0.3 is 12.1 Å². The van der Waals surface area contributed by atoms with Gasteiger partial charge in [-0.15, -0.1) is 0 Å². The van der Waals surface area contributed by atoms with Gasteiger partial charge in [-0.3, -0.25) is 19.2 Å². The molecule has 6 atom stereocenters. The van der Waals surface area contributed by atoms with Gasteiger partial charge in [0.15, 0.2) is 0 Å². The maximum absolute atomic E-state index is 13.3. The van der Waals surface area contributed by atoms with Crippen molar-refractivity contribution in [2.75, 3.05) is 7.11 Å². The predicted molar refractivity (Wildman–Crippen MR) is 115 cm³/mol. The first kappa shape index (κ1) is 22.6. The summed E-state index contributed by atoms with van der Waals surface area (Å²) >= 11 is 0. The van der Waals surface area contributed by atoms with Crippen molar-refractivity contribution >= 4 is 35.7 Å². The molecule has 5 rings (SSSR count). The topological polar surface area (TPSA) is 190 Å². The number of nitrogens with zero attached hydrogens (tertiary/aromatic N) is 2. The monoisotopic (exact) mass is 482 g/mol. The minimum atomic E-state index is -1.22. The second-order valence-electron chi connectivity index (χ2n) is 9.12. The molecule has 1 aromatic carbocycles. The fourth-order valence-corrected chi connectivity index (χ4v) is 6.37. The van der Waals surface area contributed by atoms with Gasteiger partial charge in [0, 0.05) is 11.5 Å². The van der Waals surface area contributed by atoms with Crippen molar-refractivity contribution in [2.24, 2.45) is 41.1 Å². The first-order valence-electron chi connectivity index (χ1n) is 11.0. The molecule has 35 heavy (non-hydrogen) atoms. The Kier molecular flexibility index (Phi) is 4.93. The van der Waals surface area contributed by atoms with Crippen molar-refractivity contribution in [2.45, 2.75) is 18.8 Å². The fourth-order valence-electron chi connectivity index (χ4n) is 6.37. The molecule has 12 nitrogen and oxygen atoms in total. The third-order valence-electron chi connectivity index (χ3n) is 7.66. The van der Waals surface area contributed by atoms with Crippen molar-refractivity contribution in [3.05, 3.63) is 35.4 Å². The second kappa shape index (κ2) is 7.65. The number of methoxy groups -OCH3 is 1. The first-order valence-corrected chi connectivity index (χ1v) is 11.0. The van der Waals surface area contributed by atoms with E-state index in [0.29, 0.717) is 15.4 Å². The lowest BCUT2D eigenvalue weighted by atomic mass is 9.57. The molecule has 5 N–H and O–H groups in total. The minimum Gasteiger partial charge on any atom is -0.508 e. The molecule has 1 aromatic rings. The van der Waals surface area contributed by atoms with Crippen LogP contribution < -0.4 is 16.2 Å².